The molecule has 0 bridgehead atoms. The summed E-state index contributed by atoms with van der Waals surface area (Å²) in [7, 11) is 0. The molecule has 0 saturated heterocycles. The van der Waals surface area contributed by atoms with E-state index in [2.05, 4.69) is 5.32 Å². The molecule has 0 aliphatic rings. The quantitative estimate of drug-likeness (QED) is 0.652. The lowest BCUT2D eigenvalue weighted by molar-refractivity contribution is 0.102. The highest BCUT2D eigenvalue weighted by molar-refractivity contribution is 7.80. The first-order chi connectivity index (χ1) is 9.90. The van der Waals surface area contributed by atoms with E-state index in [0.717, 1.165) is 0 Å². The number of phenols is 2. The lowest BCUT2D eigenvalue weighted by Crippen LogP contribution is -2.14. The summed E-state index contributed by atoms with van der Waals surface area (Å²) < 4.78 is 0. The fourth-order valence-corrected chi connectivity index (χ4v) is 2.01. The fraction of sp³-hybridized carbons (Fsp3) is 0. The average molecular weight is 323 g/mol. The lowest BCUT2D eigenvalue weighted by atomic mass is 10.1. The molecule has 0 aliphatic heterocycles. The Balaban J connectivity index is 2.36. The first-order valence-electron chi connectivity index (χ1n) is 5.82. The molecule has 0 atom stereocenters. The minimum absolute atomic E-state index is 0.160. The zero-order chi connectivity index (χ0) is 15.6. The summed E-state index contributed by atoms with van der Waals surface area (Å²) in [5.41, 5.74) is 6.08. The van der Waals surface area contributed by atoms with Crippen LogP contribution in [0.2, 0.25) is 5.02 Å². The first kappa shape index (κ1) is 15.1. The van der Waals surface area contributed by atoms with Crippen LogP contribution in [0.25, 0.3) is 0 Å². The SMILES string of the molecule is NC(=S)c1ccc(Cl)c(NC(=O)c2c(O)cccc2O)c1. The monoisotopic (exact) mass is 322 g/mol. The molecule has 108 valence electrons. The average Bonchev–Trinajstić information content (AvgIpc) is 2.40. The Bertz CT molecular complexity index is 714. The summed E-state index contributed by atoms with van der Waals surface area (Å²) in [6.07, 6.45) is 0. The zero-order valence-electron chi connectivity index (χ0n) is 10.6. The minimum Gasteiger partial charge on any atom is -0.507 e. The van der Waals surface area contributed by atoms with E-state index in [1.807, 2.05) is 0 Å². The van der Waals surface area contributed by atoms with Gasteiger partial charge in [0, 0.05) is 5.56 Å². The number of thiocarbonyl (C=S) groups is 1. The van der Waals surface area contributed by atoms with Gasteiger partial charge in [0.15, 0.2) is 0 Å². The Hall–Kier alpha value is -2.31. The van der Waals surface area contributed by atoms with Gasteiger partial charge in [-0.25, -0.2) is 0 Å². The molecule has 21 heavy (non-hydrogen) atoms. The van der Waals surface area contributed by atoms with Crippen molar-refractivity contribution in [1.29, 1.82) is 0 Å². The third-order valence-electron chi connectivity index (χ3n) is 2.75. The van der Waals surface area contributed by atoms with Gasteiger partial charge in [0.05, 0.1) is 10.7 Å². The van der Waals surface area contributed by atoms with Gasteiger partial charge < -0.3 is 21.3 Å². The summed E-state index contributed by atoms with van der Waals surface area (Å²) in [6, 6.07) is 8.68. The van der Waals surface area contributed by atoms with Gasteiger partial charge in [-0.2, -0.15) is 0 Å². The maximum atomic E-state index is 12.1. The number of rotatable bonds is 3. The van der Waals surface area contributed by atoms with Crippen LogP contribution in [-0.2, 0) is 0 Å². The number of aromatic hydroxyl groups is 2. The molecule has 0 unspecified atom stereocenters. The smallest absolute Gasteiger partial charge is 0.263 e. The number of nitrogens with one attached hydrogen (secondary N) is 1. The molecule has 2 aromatic carbocycles. The van der Waals surface area contributed by atoms with E-state index < -0.39 is 5.91 Å². The van der Waals surface area contributed by atoms with Gasteiger partial charge in [-0.05, 0) is 24.3 Å². The number of carbonyl (C=O) groups is 1. The Morgan fingerprint density at radius 3 is 2.38 bits per heavy atom. The predicted molar refractivity (Wildman–Crippen MR) is 85.1 cm³/mol. The van der Waals surface area contributed by atoms with Gasteiger partial charge in [-0.1, -0.05) is 36.0 Å². The van der Waals surface area contributed by atoms with Crippen LogP contribution in [0.1, 0.15) is 15.9 Å². The fourth-order valence-electron chi connectivity index (χ4n) is 1.72. The number of hydrogen-bond donors (Lipinski definition) is 4. The molecule has 0 aromatic heterocycles. The highest BCUT2D eigenvalue weighted by Gasteiger charge is 2.17. The third-order valence-corrected chi connectivity index (χ3v) is 3.31. The van der Waals surface area contributed by atoms with Crippen LogP contribution in [0.3, 0.4) is 0 Å². The van der Waals surface area contributed by atoms with Gasteiger partial charge >= 0.3 is 0 Å². The van der Waals surface area contributed by atoms with Crippen molar-refractivity contribution in [2.45, 2.75) is 0 Å². The molecule has 1 amide bonds. The Morgan fingerprint density at radius 1 is 1.19 bits per heavy atom. The molecule has 2 rings (SSSR count). The van der Waals surface area contributed by atoms with Crippen LogP contribution >= 0.6 is 23.8 Å². The van der Waals surface area contributed by atoms with Crippen molar-refractivity contribution >= 4 is 40.4 Å². The highest BCUT2D eigenvalue weighted by atomic mass is 35.5. The second kappa shape index (κ2) is 5.99. The van der Waals surface area contributed by atoms with E-state index in [9.17, 15) is 15.0 Å². The molecule has 7 heteroatoms. The van der Waals surface area contributed by atoms with Crippen LogP contribution in [0.4, 0.5) is 5.69 Å². The van der Waals surface area contributed by atoms with Crippen LogP contribution in [-0.4, -0.2) is 21.1 Å². The summed E-state index contributed by atoms with van der Waals surface area (Å²) in [6.45, 7) is 0. The highest BCUT2D eigenvalue weighted by Crippen LogP contribution is 2.29. The van der Waals surface area contributed by atoms with Crippen molar-refractivity contribution in [3.63, 3.8) is 0 Å². The largest absolute Gasteiger partial charge is 0.507 e. The van der Waals surface area contributed by atoms with E-state index in [1.54, 1.807) is 6.07 Å². The predicted octanol–water partition coefficient (Wildman–Crippen LogP) is 2.64. The Morgan fingerprint density at radius 2 is 1.81 bits per heavy atom. The van der Waals surface area contributed by atoms with Crippen molar-refractivity contribution < 1.29 is 15.0 Å². The number of nitrogens with two attached hydrogens (primary N) is 1. The van der Waals surface area contributed by atoms with Crippen molar-refractivity contribution in [3.8, 4) is 11.5 Å². The topological polar surface area (TPSA) is 95.6 Å². The van der Waals surface area contributed by atoms with Crippen LogP contribution < -0.4 is 11.1 Å². The summed E-state index contributed by atoms with van der Waals surface area (Å²) in [5.74, 6) is -1.38. The number of anilines is 1. The van der Waals surface area contributed by atoms with E-state index in [1.165, 1.54) is 30.3 Å². The van der Waals surface area contributed by atoms with Crippen molar-refractivity contribution in [1.82, 2.24) is 0 Å². The number of benzene rings is 2. The van der Waals surface area contributed by atoms with E-state index in [-0.39, 0.29) is 32.8 Å². The van der Waals surface area contributed by atoms with Crippen LogP contribution in [0.5, 0.6) is 11.5 Å². The standard InChI is InChI=1S/C14H11ClN2O3S/c15-8-5-4-7(13(16)21)6-9(8)17-14(20)12-10(18)2-1-3-11(12)19/h1-6,18-19H,(H2,16,21)(H,17,20). The number of amides is 1. The maximum Gasteiger partial charge on any atom is 0.263 e. The number of halogens is 1. The minimum atomic E-state index is -0.701. The molecule has 5 N–H and O–H groups in total. The molecule has 0 saturated carbocycles. The normalized spacial score (nSPS) is 10.1. The number of carbonyl (C=O) groups excluding carboxylic acids is 1. The third kappa shape index (κ3) is 3.24. The van der Waals surface area contributed by atoms with Crippen LogP contribution in [0, 0.1) is 0 Å². The van der Waals surface area contributed by atoms with E-state index in [4.69, 9.17) is 29.6 Å². The maximum absolute atomic E-state index is 12.1. The van der Waals surface area contributed by atoms with Crippen molar-refractivity contribution in [2.24, 2.45) is 5.73 Å². The van der Waals surface area contributed by atoms with Crippen LogP contribution in [0.15, 0.2) is 36.4 Å². The van der Waals surface area contributed by atoms with E-state index in [0.29, 0.717) is 5.56 Å². The molecular weight excluding hydrogens is 312 g/mol. The van der Waals surface area contributed by atoms with Crippen molar-refractivity contribution in [2.75, 3.05) is 5.32 Å². The molecule has 5 nitrogen and oxygen atoms in total. The number of phenolic OH excluding ortho intramolecular Hbond substituents is 2. The number of hydrogen-bond acceptors (Lipinski definition) is 4. The zero-order valence-corrected chi connectivity index (χ0v) is 12.2. The summed E-state index contributed by atoms with van der Waals surface area (Å²) in [5, 5.41) is 22.1. The Kier molecular flexibility index (Phi) is 4.30. The van der Waals surface area contributed by atoms with E-state index >= 15 is 0 Å². The molecule has 0 radical (unpaired) electrons. The molecular formula is C14H11ClN2O3S. The lowest BCUT2D eigenvalue weighted by Gasteiger charge is -2.11. The molecule has 0 heterocycles. The molecule has 0 spiro atoms. The van der Waals surface area contributed by atoms with Gasteiger partial charge in [-0.3, -0.25) is 4.79 Å². The van der Waals surface area contributed by atoms with Gasteiger partial charge in [0.2, 0.25) is 0 Å². The second-order valence-electron chi connectivity index (χ2n) is 4.18. The second-order valence-corrected chi connectivity index (χ2v) is 5.03. The molecule has 0 fully saturated rings. The van der Waals surface area contributed by atoms with Crippen molar-refractivity contribution in [3.05, 3.63) is 52.5 Å². The van der Waals surface area contributed by atoms with Gasteiger partial charge in [0.25, 0.3) is 5.91 Å². The Labute approximate surface area is 131 Å². The van der Waals surface area contributed by atoms with Gasteiger partial charge in [0.1, 0.15) is 22.1 Å². The first-order valence-corrected chi connectivity index (χ1v) is 6.60. The molecule has 0 aliphatic carbocycles. The summed E-state index contributed by atoms with van der Waals surface area (Å²) >= 11 is 10.8. The molecule has 2 aromatic rings. The van der Waals surface area contributed by atoms with Gasteiger partial charge in [-0.15, -0.1) is 0 Å². The summed E-state index contributed by atoms with van der Waals surface area (Å²) in [4.78, 5) is 12.3.